The van der Waals surface area contributed by atoms with Crippen LogP contribution in [0.1, 0.15) is 12.0 Å². The van der Waals surface area contributed by atoms with E-state index in [1.807, 2.05) is 24.1 Å². The van der Waals surface area contributed by atoms with Crippen LogP contribution in [-0.2, 0) is 18.3 Å². The number of aryl methyl sites for hydroxylation is 1. The van der Waals surface area contributed by atoms with Crippen molar-refractivity contribution in [3.8, 4) is 0 Å². The normalized spacial score (nSPS) is 22.2. The van der Waals surface area contributed by atoms with Gasteiger partial charge in [0.05, 0.1) is 12.8 Å². The number of hydrogen-bond acceptors (Lipinski definition) is 4. The number of nitrogens with two attached hydrogens (primary N) is 1. The number of rotatable bonds is 5. The fourth-order valence-corrected chi connectivity index (χ4v) is 2.33. The number of ether oxygens (including phenoxy) is 1. The molecule has 0 radical (unpaired) electrons. The van der Waals surface area contributed by atoms with E-state index < -0.39 is 0 Å². The topological polar surface area (TPSA) is 56.3 Å². The van der Waals surface area contributed by atoms with Crippen LogP contribution in [0.25, 0.3) is 0 Å². The molecule has 1 fully saturated rings. The first kappa shape index (κ1) is 12.5. The summed E-state index contributed by atoms with van der Waals surface area (Å²) in [6.45, 7) is 3.49. The number of hydrogen-bond donors (Lipinski definition) is 1. The lowest BCUT2D eigenvalue weighted by atomic mass is 9.99. The third kappa shape index (κ3) is 3.52. The average molecular weight is 238 g/mol. The van der Waals surface area contributed by atoms with E-state index in [4.69, 9.17) is 10.5 Å². The van der Waals surface area contributed by atoms with Gasteiger partial charge < -0.3 is 15.4 Å². The predicted molar refractivity (Wildman–Crippen MR) is 66.4 cm³/mol. The Morgan fingerprint density at radius 1 is 1.71 bits per heavy atom. The first-order valence-electron chi connectivity index (χ1n) is 6.14. The number of nitrogens with zero attached hydrogens (tertiary/aromatic N) is 3. The first-order chi connectivity index (χ1) is 8.15. The molecule has 5 nitrogen and oxygen atoms in total. The second-order valence-corrected chi connectivity index (χ2v) is 5.01. The van der Waals surface area contributed by atoms with Crippen LogP contribution in [0.15, 0.2) is 12.4 Å². The summed E-state index contributed by atoms with van der Waals surface area (Å²) in [6, 6.07) is 0.208. The maximum atomic E-state index is 6.20. The van der Waals surface area contributed by atoms with Crippen LogP contribution in [0.2, 0.25) is 0 Å². The maximum absolute atomic E-state index is 6.20. The van der Waals surface area contributed by atoms with Crippen molar-refractivity contribution in [2.45, 2.75) is 19.0 Å². The molecule has 0 spiro atoms. The largest absolute Gasteiger partial charge is 0.381 e. The van der Waals surface area contributed by atoms with Gasteiger partial charge in [-0.2, -0.15) is 5.10 Å². The summed E-state index contributed by atoms with van der Waals surface area (Å²) in [4.78, 5) is 2.25. The zero-order chi connectivity index (χ0) is 12.3. The van der Waals surface area contributed by atoms with Crippen molar-refractivity contribution in [3.05, 3.63) is 18.0 Å². The summed E-state index contributed by atoms with van der Waals surface area (Å²) >= 11 is 0. The Morgan fingerprint density at radius 3 is 3.12 bits per heavy atom. The van der Waals surface area contributed by atoms with Crippen LogP contribution < -0.4 is 5.73 Å². The van der Waals surface area contributed by atoms with Crippen molar-refractivity contribution in [3.63, 3.8) is 0 Å². The minimum absolute atomic E-state index is 0.208. The van der Waals surface area contributed by atoms with Gasteiger partial charge in [0.15, 0.2) is 0 Å². The van der Waals surface area contributed by atoms with Gasteiger partial charge in [-0.1, -0.05) is 0 Å². The molecule has 0 saturated carbocycles. The highest BCUT2D eigenvalue weighted by atomic mass is 16.5. The molecule has 2 N–H and O–H groups in total. The van der Waals surface area contributed by atoms with Crippen LogP contribution in [0.5, 0.6) is 0 Å². The van der Waals surface area contributed by atoms with Gasteiger partial charge in [-0.25, -0.2) is 0 Å². The second-order valence-electron chi connectivity index (χ2n) is 5.01. The first-order valence-corrected chi connectivity index (χ1v) is 6.14. The van der Waals surface area contributed by atoms with E-state index in [-0.39, 0.29) is 6.04 Å². The van der Waals surface area contributed by atoms with Gasteiger partial charge in [-0.3, -0.25) is 4.68 Å². The summed E-state index contributed by atoms with van der Waals surface area (Å²) < 4.78 is 7.20. The molecule has 1 aliphatic heterocycles. The predicted octanol–water partition coefficient (Wildman–Crippen LogP) is 0.216. The minimum atomic E-state index is 0.208. The Balaban J connectivity index is 1.78. The summed E-state index contributed by atoms with van der Waals surface area (Å²) in [6.07, 6.45) is 5.04. The van der Waals surface area contributed by atoms with Gasteiger partial charge in [0.2, 0.25) is 0 Å². The summed E-state index contributed by atoms with van der Waals surface area (Å²) in [5.41, 5.74) is 7.42. The molecular formula is C12H22N4O. The Kier molecular flexibility index (Phi) is 4.15. The second kappa shape index (κ2) is 5.62. The van der Waals surface area contributed by atoms with E-state index >= 15 is 0 Å². The standard InChI is InChI=1S/C12H22N4O/c1-15(6-10-5-14-16(2)7-10)8-12(13)11-3-4-17-9-11/h5,7,11-12H,3-4,6,8-9,13H2,1-2H3. The van der Waals surface area contributed by atoms with Crippen molar-refractivity contribution >= 4 is 0 Å². The van der Waals surface area contributed by atoms with E-state index in [9.17, 15) is 0 Å². The number of aromatic nitrogens is 2. The van der Waals surface area contributed by atoms with Gasteiger partial charge >= 0.3 is 0 Å². The van der Waals surface area contributed by atoms with Crippen LogP contribution in [0.3, 0.4) is 0 Å². The molecule has 1 saturated heterocycles. The zero-order valence-corrected chi connectivity index (χ0v) is 10.7. The van der Waals surface area contributed by atoms with Crippen LogP contribution in [0.4, 0.5) is 0 Å². The van der Waals surface area contributed by atoms with Gasteiger partial charge in [0.1, 0.15) is 0 Å². The maximum Gasteiger partial charge on any atom is 0.0534 e. The molecule has 5 heteroatoms. The fourth-order valence-electron chi connectivity index (χ4n) is 2.33. The molecule has 1 aliphatic rings. The van der Waals surface area contributed by atoms with E-state index in [1.54, 1.807) is 0 Å². The Bertz CT molecular complexity index is 346. The molecule has 96 valence electrons. The van der Waals surface area contributed by atoms with E-state index in [0.717, 1.165) is 32.7 Å². The third-order valence-corrected chi connectivity index (χ3v) is 3.30. The van der Waals surface area contributed by atoms with Crippen molar-refractivity contribution in [1.82, 2.24) is 14.7 Å². The minimum Gasteiger partial charge on any atom is -0.381 e. The molecule has 1 aromatic rings. The fraction of sp³-hybridized carbons (Fsp3) is 0.750. The van der Waals surface area contributed by atoms with E-state index in [1.165, 1.54) is 5.56 Å². The van der Waals surface area contributed by atoms with Gasteiger partial charge in [0.25, 0.3) is 0 Å². The lowest BCUT2D eigenvalue weighted by Gasteiger charge is -2.24. The van der Waals surface area contributed by atoms with Gasteiger partial charge in [-0.15, -0.1) is 0 Å². The molecule has 17 heavy (non-hydrogen) atoms. The summed E-state index contributed by atoms with van der Waals surface area (Å²) in [5.74, 6) is 0.520. The molecule has 2 atom stereocenters. The molecule has 0 aliphatic carbocycles. The van der Waals surface area contributed by atoms with Crippen molar-refractivity contribution in [2.24, 2.45) is 18.7 Å². The molecule has 1 aromatic heterocycles. The molecular weight excluding hydrogens is 216 g/mol. The Morgan fingerprint density at radius 2 is 2.53 bits per heavy atom. The monoisotopic (exact) mass is 238 g/mol. The summed E-state index contributed by atoms with van der Waals surface area (Å²) in [5, 5.41) is 4.17. The number of likely N-dealkylation sites (N-methyl/N-ethyl adjacent to an activating group) is 1. The van der Waals surface area contributed by atoms with Crippen molar-refractivity contribution in [2.75, 3.05) is 26.8 Å². The Labute approximate surface area is 103 Å². The highest BCUT2D eigenvalue weighted by Gasteiger charge is 2.23. The smallest absolute Gasteiger partial charge is 0.0534 e. The van der Waals surface area contributed by atoms with Gasteiger partial charge in [-0.05, 0) is 13.5 Å². The van der Waals surface area contributed by atoms with Crippen molar-refractivity contribution in [1.29, 1.82) is 0 Å². The van der Waals surface area contributed by atoms with Crippen molar-refractivity contribution < 1.29 is 4.74 Å². The highest BCUT2D eigenvalue weighted by molar-refractivity contribution is 5.03. The Hall–Kier alpha value is -0.910. The SMILES string of the molecule is CN(Cc1cnn(C)c1)CC(N)C1CCOC1. The lowest BCUT2D eigenvalue weighted by molar-refractivity contribution is 0.173. The molecule has 2 heterocycles. The zero-order valence-electron chi connectivity index (χ0n) is 10.7. The highest BCUT2D eigenvalue weighted by Crippen LogP contribution is 2.16. The molecule has 0 aromatic carbocycles. The molecule has 2 unspecified atom stereocenters. The quantitative estimate of drug-likeness (QED) is 0.797. The molecule has 0 amide bonds. The van der Waals surface area contributed by atoms with E-state index in [0.29, 0.717) is 5.92 Å². The average Bonchev–Trinajstić information content (AvgIpc) is 2.89. The van der Waals surface area contributed by atoms with Crippen LogP contribution >= 0.6 is 0 Å². The van der Waals surface area contributed by atoms with Gasteiger partial charge in [0, 0.05) is 50.5 Å². The van der Waals surface area contributed by atoms with E-state index in [2.05, 4.69) is 17.0 Å². The third-order valence-electron chi connectivity index (χ3n) is 3.30. The summed E-state index contributed by atoms with van der Waals surface area (Å²) in [7, 11) is 4.04. The molecule has 0 bridgehead atoms. The molecule has 2 rings (SSSR count). The van der Waals surface area contributed by atoms with Crippen LogP contribution in [-0.4, -0.2) is 47.5 Å². The van der Waals surface area contributed by atoms with Crippen LogP contribution in [0, 0.1) is 5.92 Å². The lowest BCUT2D eigenvalue weighted by Crippen LogP contribution is -2.40.